The first-order valence-electron chi connectivity index (χ1n) is 12.8. The summed E-state index contributed by atoms with van der Waals surface area (Å²) >= 11 is 2.62. The zero-order valence-corrected chi connectivity index (χ0v) is 23.5. The number of nitrogens with zero attached hydrogens (tertiary/aromatic N) is 4. The number of hydrogen-bond acceptors (Lipinski definition) is 8. The van der Waals surface area contributed by atoms with Crippen LogP contribution in [0.3, 0.4) is 0 Å². The third kappa shape index (κ3) is 4.52. The van der Waals surface area contributed by atoms with Crippen LogP contribution in [0, 0.1) is 5.92 Å². The second-order valence-corrected chi connectivity index (χ2v) is 11.8. The fraction of sp³-hybridized carbons (Fsp3) is 0.250. The summed E-state index contributed by atoms with van der Waals surface area (Å²) < 4.78 is 8.61. The summed E-state index contributed by atoms with van der Waals surface area (Å²) in [5, 5.41) is 13.0. The van der Waals surface area contributed by atoms with Gasteiger partial charge in [-0.2, -0.15) is 0 Å². The lowest BCUT2D eigenvalue weighted by Crippen LogP contribution is -2.22. The highest BCUT2D eigenvalue weighted by Crippen LogP contribution is 2.39. The van der Waals surface area contributed by atoms with E-state index in [2.05, 4.69) is 22.4 Å². The maximum atomic E-state index is 13.5. The zero-order chi connectivity index (χ0) is 28.0. The van der Waals surface area contributed by atoms with Crippen LogP contribution in [0.1, 0.15) is 34.1 Å². The first-order chi connectivity index (χ1) is 19.4. The molecule has 0 bridgehead atoms. The Labute approximate surface area is 237 Å². The Morgan fingerprint density at radius 2 is 2.02 bits per heavy atom. The number of carbonyl (C=O) groups excluding carboxylic acids is 2. The number of anilines is 1. The number of thioether (sulfide) groups is 1. The van der Waals surface area contributed by atoms with Crippen LogP contribution in [0.4, 0.5) is 5.00 Å². The van der Waals surface area contributed by atoms with Crippen molar-refractivity contribution in [2.24, 2.45) is 11.7 Å². The summed E-state index contributed by atoms with van der Waals surface area (Å²) in [5.74, 6) is 0.639. The molecule has 204 valence electrons. The Bertz CT molecular complexity index is 1860. The van der Waals surface area contributed by atoms with Crippen molar-refractivity contribution >= 4 is 56.6 Å². The lowest BCUT2D eigenvalue weighted by molar-refractivity contribution is -0.113. The highest BCUT2D eigenvalue weighted by Gasteiger charge is 2.27. The van der Waals surface area contributed by atoms with Crippen LogP contribution in [-0.4, -0.2) is 43.8 Å². The lowest BCUT2D eigenvalue weighted by atomic mass is 9.88. The smallest absolute Gasteiger partial charge is 0.267 e. The number of nitrogens with two attached hydrogens (primary N) is 1. The summed E-state index contributed by atoms with van der Waals surface area (Å²) in [6.07, 6.45) is 2.64. The summed E-state index contributed by atoms with van der Waals surface area (Å²) in [6, 6.07) is 14.4. The predicted octanol–water partition coefficient (Wildman–Crippen LogP) is 4.06. The maximum absolute atomic E-state index is 13.5. The van der Waals surface area contributed by atoms with Gasteiger partial charge in [-0.05, 0) is 55.0 Å². The predicted molar refractivity (Wildman–Crippen MR) is 156 cm³/mol. The second-order valence-electron chi connectivity index (χ2n) is 9.73. The molecule has 0 spiro atoms. The number of fused-ring (bicyclic) bond motifs is 4. The van der Waals surface area contributed by atoms with Crippen molar-refractivity contribution in [3.05, 3.63) is 74.9 Å². The van der Waals surface area contributed by atoms with Gasteiger partial charge in [0.05, 0.1) is 35.0 Å². The molecule has 0 saturated carbocycles. The van der Waals surface area contributed by atoms with E-state index in [1.165, 1.54) is 27.7 Å². The van der Waals surface area contributed by atoms with Crippen LogP contribution in [0.25, 0.3) is 22.4 Å². The molecule has 0 aliphatic heterocycles. The van der Waals surface area contributed by atoms with E-state index in [4.69, 9.17) is 10.5 Å². The van der Waals surface area contributed by atoms with Gasteiger partial charge in [-0.1, -0.05) is 36.9 Å². The minimum absolute atomic E-state index is 0.0184. The van der Waals surface area contributed by atoms with Gasteiger partial charge in [0.25, 0.3) is 11.5 Å². The average molecular weight is 575 g/mol. The van der Waals surface area contributed by atoms with E-state index in [9.17, 15) is 14.4 Å². The summed E-state index contributed by atoms with van der Waals surface area (Å²) in [6.45, 7) is 2.18. The molecule has 5 aromatic rings. The van der Waals surface area contributed by atoms with E-state index >= 15 is 0 Å². The molecule has 2 aromatic carbocycles. The molecular weight excluding hydrogens is 548 g/mol. The number of hydrogen-bond donors (Lipinski definition) is 2. The molecular formula is C28H26N6O4S2. The van der Waals surface area contributed by atoms with Gasteiger partial charge >= 0.3 is 0 Å². The van der Waals surface area contributed by atoms with Crippen LogP contribution in [-0.2, 0) is 17.6 Å². The van der Waals surface area contributed by atoms with Crippen molar-refractivity contribution in [3.63, 3.8) is 0 Å². The van der Waals surface area contributed by atoms with Gasteiger partial charge in [-0.3, -0.25) is 18.8 Å². The molecule has 0 radical (unpaired) electrons. The SMILES string of the molecule is COc1cccc(-n2c(=O)c3ccccc3n3c(SCC(=O)Nc4sc5c(c4C(N)=O)CCC(C)C5)nnc23)c1. The molecule has 0 fully saturated rings. The number of aromatic nitrogens is 4. The fourth-order valence-electron chi connectivity index (χ4n) is 5.15. The van der Waals surface area contributed by atoms with Crippen molar-refractivity contribution in [2.75, 3.05) is 18.2 Å². The highest BCUT2D eigenvalue weighted by molar-refractivity contribution is 7.99. The molecule has 3 heterocycles. The number of rotatable bonds is 7. The molecule has 1 unspecified atom stereocenters. The highest BCUT2D eigenvalue weighted by atomic mass is 32.2. The Morgan fingerprint density at radius 3 is 2.83 bits per heavy atom. The number of benzene rings is 2. The number of amides is 2. The monoisotopic (exact) mass is 574 g/mol. The molecule has 10 nitrogen and oxygen atoms in total. The summed E-state index contributed by atoms with van der Waals surface area (Å²) in [5.41, 5.74) is 8.06. The van der Waals surface area contributed by atoms with Gasteiger partial charge in [0.1, 0.15) is 10.8 Å². The largest absolute Gasteiger partial charge is 0.497 e. The summed E-state index contributed by atoms with van der Waals surface area (Å²) in [4.78, 5) is 40.0. The normalized spacial score (nSPS) is 14.8. The van der Waals surface area contributed by atoms with Gasteiger partial charge in [0.2, 0.25) is 11.7 Å². The third-order valence-corrected chi connectivity index (χ3v) is 9.15. The Hall–Kier alpha value is -4.16. The molecule has 3 aromatic heterocycles. The van der Waals surface area contributed by atoms with E-state index in [1.54, 1.807) is 47.9 Å². The van der Waals surface area contributed by atoms with Gasteiger partial charge in [0.15, 0.2) is 5.16 Å². The molecule has 1 aliphatic rings. The molecule has 1 aliphatic carbocycles. The number of ether oxygens (including phenoxy) is 1. The molecule has 6 rings (SSSR count). The van der Waals surface area contributed by atoms with Gasteiger partial charge in [-0.25, -0.2) is 4.57 Å². The number of nitrogens with one attached hydrogen (secondary N) is 1. The maximum Gasteiger partial charge on any atom is 0.267 e. The number of thiophene rings is 1. The first kappa shape index (κ1) is 26.1. The van der Waals surface area contributed by atoms with Crippen molar-refractivity contribution < 1.29 is 14.3 Å². The van der Waals surface area contributed by atoms with Crippen LogP contribution in [0.2, 0.25) is 0 Å². The number of carbonyl (C=O) groups is 2. The van der Waals surface area contributed by atoms with Crippen molar-refractivity contribution in [1.29, 1.82) is 0 Å². The van der Waals surface area contributed by atoms with Gasteiger partial charge in [-0.15, -0.1) is 21.5 Å². The van der Waals surface area contributed by atoms with Crippen LogP contribution in [0.15, 0.2) is 58.5 Å². The zero-order valence-electron chi connectivity index (χ0n) is 21.8. The Morgan fingerprint density at radius 1 is 1.20 bits per heavy atom. The molecule has 3 N–H and O–H groups in total. The number of para-hydroxylation sites is 1. The van der Waals surface area contributed by atoms with Gasteiger partial charge < -0.3 is 15.8 Å². The second kappa shape index (κ2) is 10.4. The average Bonchev–Trinajstić information content (AvgIpc) is 3.53. The fourth-order valence-corrected chi connectivity index (χ4v) is 7.32. The van der Waals surface area contributed by atoms with Crippen molar-refractivity contribution in [1.82, 2.24) is 19.2 Å². The third-order valence-electron chi connectivity index (χ3n) is 7.05. The minimum Gasteiger partial charge on any atom is -0.497 e. The van der Waals surface area contributed by atoms with E-state index in [1.807, 2.05) is 12.1 Å². The molecule has 1 atom stereocenters. The van der Waals surface area contributed by atoms with E-state index in [-0.39, 0.29) is 17.2 Å². The van der Waals surface area contributed by atoms with E-state index in [0.717, 1.165) is 29.7 Å². The molecule has 0 saturated heterocycles. The first-order valence-corrected chi connectivity index (χ1v) is 14.6. The molecule has 12 heteroatoms. The topological polar surface area (TPSA) is 134 Å². The lowest BCUT2D eigenvalue weighted by Gasteiger charge is -2.18. The van der Waals surface area contributed by atoms with Crippen molar-refractivity contribution in [2.45, 2.75) is 31.3 Å². The van der Waals surface area contributed by atoms with Crippen LogP contribution < -0.4 is 21.3 Å². The molecule has 40 heavy (non-hydrogen) atoms. The molecule has 2 amide bonds. The number of methoxy groups -OCH3 is 1. The van der Waals surface area contributed by atoms with Crippen molar-refractivity contribution in [3.8, 4) is 11.4 Å². The standard InChI is InChI=1S/C28H26N6O4S2/c1-15-10-11-19-21(12-15)40-25(23(19)24(29)36)30-22(35)14-39-28-32-31-27-33(16-6-5-7-17(13-16)38-2)26(37)18-8-3-4-9-20(18)34(27)28/h3-9,13,15H,10-12,14H2,1-2H3,(H2,29,36)(H,30,35). The van der Waals surface area contributed by atoms with E-state index < -0.39 is 5.91 Å². The van der Waals surface area contributed by atoms with Gasteiger partial charge in [0, 0.05) is 10.9 Å². The Kier molecular flexibility index (Phi) is 6.80. The minimum atomic E-state index is -0.527. The Balaban J connectivity index is 1.34. The van der Waals surface area contributed by atoms with Crippen LogP contribution in [0.5, 0.6) is 5.75 Å². The summed E-state index contributed by atoms with van der Waals surface area (Å²) in [7, 11) is 1.56. The quantitative estimate of drug-likeness (QED) is 0.280. The number of primary amides is 1. The van der Waals surface area contributed by atoms with Crippen LogP contribution >= 0.6 is 23.1 Å². The van der Waals surface area contributed by atoms with E-state index in [0.29, 0.717) is 49.8 Å².